The molecule has 0 atom stereocenters. The molecule has 0 fully saturated rings. The average molecular weight is 192 g/mol. The number of imidazole rings is 1. The van der Waals surface area contributed by atoms with Crippen molar-refractivity contribution in [1.29, 1.82) is 0 Å². The molecule has 0 saturated heterocycles. The van der Waals surface area contributed by atoms with Crippen LogP contribution in [0.5, 0.6) is 0 Å². The zero-order valence-corrected chi connectivity index (χ0v) is 7.20. The Morgan fingerprint density at radius 2 is 2.36 bits per heavy atom. The molecule has 2 aromatic rings. The van der Waals surface area contributed by atoms with Crippen LogP contribution in [-0.2, 0) is 6.42 Å². The Kier molecular flexibility index (Phi) is 1.98. The molecule has 72 valence electrons. The Hall–Kier alpha value is -2.18. The maximum absolute atomic E-state index is 8.40. The van der Waals surface area contributed by atoms with Crippen LogP contribution in [0.25, 0.3) is 5.78 Å². The van der Waals surface area contributed by atoms with Crippen LogP contribution in [0.4, 0.5) is 0 Å². The quantitative estimate of drug-likeness (QED) is 0.286. The Morgan fingerprint density at radius 1 is 1.50 bits per heavy atom. The molecule has 0 aliphatic heterocycles. The van der Waals surface area contributed by atoms with Crippen molar-refractivity contribution in [2.45, 2.75) is 6.42 Å². The molecular weight excluding hydrogens is 184 g/mol. The van der Waals surface area contributed by atoms with Crippen molar-refractivity contribution in [3.05, 3.63) is 24.3 Å². The van der Waals surface area contributed by atoms with Gasteiger partial charge in [0, 0.05) is 0 Å². The van der Waals surface area contributed by atoms with Gasteiger partial charge in [0.05, 0.1) is 30.7 Å². The SMILES string of the molecule is N/C(Cc1cnc2nccnn12)=N\O. The fourth-order valence-electron chi connectivity index (χ4n) is 1.12. The number of nitrogens with zero attached hydrogens (tertiary/aromatic N) is 5. The third-order valence-electron chi connectivity index (χ3n) is 1.72. The molecule has 0 spiro atoms. The highest BCUT2D eigenvalue weighted by Crippen LogP contribution is 2.01. The van der Waals surface area contributed by atoms with Gasteiger partial charge in [-0.1, -0.05) is 5.16 Å². The van der Waals surface area contributed by atoms with E-state index in [9.17, 15) is 0 Å². The van der Waals surface area contributed by atoms with Gasteiger partial charge < -0.3 is 10.9 Å². The third kappa shape index (κ3) is 1.35. The second-order valence-corrected chi connectivity index (χ2v) is 2.67. The van der Waals surface area contributed by atoms with Crippen LogP contribution in [0, 0.1) is 0 Å². The topological polar surface area (TPSA) is 102 Å². The van der Waals surface area contributed by atoms with Crippen LogP contribution < -0.4 is 5.73 Å². The lowest BCUT2D eigenvalue weighted by Gasteiger charge is -1.97. The minimum absolute atomic E-state index is 0.109. The van der Waals surface area contributed by atoms with Gasteiger partial charge in [0.1, 0.15) is 5.84 Å². The van der Waals surface area contributed by atoms with Gasteiger partial charge in [-0.3, -0.25) is 0 Å². The highest BCUT2D eigenvalue weighted by atomic mass is 16.4. The van der Waals surface area contributed by atoms with Gasteiger partial charge in [-0.15, -0.1) is 0 Å². The number of oxime groups is 1. The lowest BCUT2D eigenvalue weighted by molar-refractivity contribution is 0.317. The molecule has 3 N–H and O–H groups in total. The summed E-state index contributed by atoms with van der Waals surface area (Å²) >= 11 is 0. The molecule has 0 aliphatic rings. The summed E-state index contributed by atoms with van der Waals surface area (Å²) in [5.74, 6) is 0.602. The van der Waals surface area contributed by atoms with Crippen molar-refractivity contribution in [1.82, 2.24) is 19.6 Å². The van der Waals surface area contributed by atoms with Crippen LogP contribution in [0.1, 0.15) is 5.69 Å². The number of rotatable bonds is 2. The molecule has 14 heavy (non-hydrogen) atoms. The largest absolute Gasteiger partial charge is 0.409 e. The maximum Gasteiger partial charge on any atom is 0.250 e. The Balaban J connectivity index is 2.43. The van der Waals surface area contributed by atoms with E-state index in [4.69, 9.17) is 10.9 Å². The number of hydrogen-bond donors (Lipinski definition) is 2. The minimum Gasteiger partial charge on any atom is -0.409 e. The van der Waals surface area contributed by atoms with Crippen LogP contribution in [0.2, 0.25) is 0 Å². The number of amidine groups is 1. The van der Waals surface area contributed by atoms with E-state index in [0.29, 0.717) is 5.78 Å². The van der Waals surface area contributed by atoms with E-state index in [0.717, 1.165) is 5.69 Å². The number of fused-ring (bicyclic) bond motifs is 1. The van der Waals surface area contributed by atoms with Gasteiger partial charge in [0.25, 0.3) is 5.78 Å². The van der Waals surface area contributed by atoms with E-state index >= 15 is 0 Å². The molecule has 0 radical (unpaired) electrons. The van der Waals surface area contributed by atoms with E-state index in [1.807, 2.05) is 0 Å². The molecule has 0 aliphatic carbocycles. The first-order valence-electron chi connectivity index (χ1n) is 3.91. The predicted octanol–water partition coefficient (Wildman–Crippen LogP) is -0.587. The first-order valence-corrected chi connectivity index (χ1v) is 3.91. The van der Waals surface area contributed by atoms with Gasteiger partial charge in [-0.2, -0.15) is 5.10 Å². The van der Waals surface area contributed by atoms with Crippen LogP contribution >= 0.6 is 0 Å². The van der Waals surface area contributed by atoms with Crippen molar-refractivity contribution < 1.29 is 5.21 Å². The highest BCUT2D eigenvalue weighted by molar-refractivity contribution is 5.81. The minimum atomic E-state index is 0.109. The summed E-state index contributed by atoms with van der Waals surface area (Å²) in [6.07, 6.45) is 4.98. The van der Waals surface area contributed by atoms with Crippen molar-refractivity contribution >= 4 is 11.6 Å². The van der Waals surface area contributed by atoms with Crippen LogP contribution in [-0.4, -0.2) is 30.6 Å². The summed E-state index contributed by atoms with van der Waals surface area (Å²) in [6.45, 7) is 0. The molecular formula is C7H8N6O. The second-order valence-electron chi connectivity index (χ2n) is 2.67. The van der Waals surface area contributed by atoms with Gasteiger partial charge in [0.2, 0.25) is 0 Å². The Labute approximate surface area is 78.9 Å². The number of nitrogens with two attached hydrogens (primary N) is 1. The van der Waals surface area contributed by atoms with Gasteiger partial charge in [-0.05, 0) is 0 Å². The van der Waals surface area contributed by atoms with Crippen LogP contribution in [0.3, 0.4) is 0 Å². The fraction of sp³-hybridized carbons (Fsp3) is 0.143. The zero-order valence-electron chi connectivity index (χ0n) is 7.20. The molecule has 0 bridgehead atoms. The summed E-state index contributed by atoms with van der Waals surface area (Å²) in [5, 5.41) is 15.3. The molecule has 0 aromatic carbocycles. The summed E-state index contributed by atoms with van der Waals surface area (Å²) in [5.41, 5.74) is 6.09. The summed E-state index contributed by atoms with van der Waals surface area (Å²) in [7, 11) is 0. The monoisotopic (exact) mass is 192 g/mol. The Morgan fingerprint density at radius 3 is 3.14 bits per heavy atom. The standard InChI is InChI=1S/C7H8N6O/c8-6(12-14)3-5-4-10-7-9-1-2-11-13(5)7/h1-2,4,14H,3H2,(H2,8,12). The maximum atomic E-state index is 8.40. The van der Waals surface area contributed by atoms with Crippen molar-refractivity contribution in [3.8, 4) is 0 Å². The molecule has 2 rings (SSSR count). The number of hydrogen-bond acceptors (Lipinski definition) is 5. The van der Waals surface area contributed by atoms with E-state index in [-0.39, 0.29) is 12.3 Å². The van der Waals surface area contributed by atoms with E-state index in [1.165, 1.54) is 4.52 Å². The summed E-state index contributed by atoms with van der Waals surface area (Å²) < 4.78 is 1.54. The van der Waals surface area contributed by atoms with Crippen LogP contribution in [0.15, 0.2) is 23.7 Å². The summed E-state index contributed by atoms with van der Waals surface area (Å²) in [4.78, 5) is 7.98. The first-order chi connectivity index (χ1) is 6.81. The normalized spacial score (nSPS) is 12.1. The lowest BCUT2D eigenvalue weighted by atomic mass is 10.3. The third-order valence-corrected chi connectivity index (χ3v) is 1.72. The molecule has 7 nitrogen and oxygen atoms in total. The van der Waals surface area contributed by atoms with Gasteiger partial charge in [0.15, 0.2) is 0 Å². The van der Waals surface area contributed by atoms with Crippen molar-refractivity contribution in [2.75, 3.05) is 0 Å². The summed E-state index contributed by atoms with van der Waals surface area (Å²) in [6, 6.07) is 0. The fourth-order valence-corrected chi connectivity index (χ4v) is 1.12. The van der Waals surface area contributed by atoms with Gasteiger partial charge >= 0.3 is 0 Å². The van der Waals surface area contributed by atoms with Gasteiger partial charge in [-0.25, -0.2) is 14.5 Å². The smallest absolute Gasteiger partial charge is 0.250 e. The van der Waals surface area contributed by atoms with Crippen molar-refractivity contribution in [3.63, 3.8) is 0 Å². The molecule has 0 amide bonds. The molecule has 7 heteroatoms. The molecule has 0 saturated carbocycles. The first kappa shape index (κ1) is 8.42. The van der Waals surface area contributed by atoms with E-state index in [1.54, 1.807) is 18.6 Å². The Bertz CT molecular complexity index is 476. The highest BCUT2D eigenvalue weighted by Gasteiger charge is 2.06. The average Bonchev–Trinajstić information content (AvgIpc) is 2.62. The number of aromatic nitrogens is 4. The lowest BCUT2D eigenvalue weighted by Crippen LogP contribution is -2.16. The van der Waals surface area contributed by atoms with E-state index in [2.05, 4.69) is 20.2 Å². The zero-order chi connectivity index (χ0) is 9.97. The van der Waals surface area contributed by atoms with Crippen molar-refractivity contribution in [2.24, 2.45) is 10.9 Å². The molecule has 2 heterocycles. The predicted molar refractivity (Wildman–Crippen MR) is 47.9 cm³/mol. The second kappa shape index (κ2) is 3.29. The molecule has 0 unspecified atom stereocenters. The van der Waals surface area contributed by atoms with E-state index < -0.39 is 0 Å². The molecule has 2 aromatic heterocycles.